The van der Waals surface area contributed by atoms with Crippen molar-refractivity contribution in [2.45, 2.75) is 83.8 Å². The maximum absolute atomic E-state index is 16.9. The lowest BCUT2D eigenvalue weighted by molar-refractivity contribution is -0.136. The van der Waals surface area contributed by atoms with Crippen molar-refractivity contribution in [2.24, 2.45) is 11.8 Å². The van der Waals surface area contributed by atoms with Crippen molar-refractivity contribution in [3.63, 3.8) is 0 Å². The van der Waals surface area contributed by atoms with Crippen LogP contribution in [-0.2, 0) is 19.1 Å². The van der Waals surface area contributed by atoms with Crippen LogP contribution in [0, 0.1) is 17.7 Å². The smallest absolute Gasteiger partial charge is 0.407 e. The minimum atomic E-state index is -0.794. The van der Waals surface area contributed by atoms with Crippen LogP contribution in [-0.4, -0.2) is 123 Å². The van der Waals surface area contributed by atoms with Gasteiger partial charge in [-0.05, 0) is 80.0 Å². The van der Waals surface area contributed by atoms with E-state index in [1.54, 1.807) is 48.4 Å². The Morgan fingerprint density at radius 2 is 1.30 bits per heavy atom. The van der Waals surface area contributed by atoms with E-state index in [0.717, 1.165) is 39.9 Å². The van der Waals surface area contributed by atoms with Crippen LogP contribution in [0.1, 0.15) is 97.9 Å². The summed E-state index contributed by atoms with van der Waals surface area (Å²) >= 11 is 1.31. The number of aromatic nitrogens is 5. The van der Waals surface area contributed by atoms with Crippen molar-refractivity contribution < 1.29 is 42.6 Å². The van der Waals surface area contributed by atoms with Gasteiger partial charge in [0.25, 0.3) is 5.91 Å². The number of halogens is 1. The van der Waals surface area contributed by atoms with Crippen molar-refractivity contribution >= 4 is 106 Å². The second kappa shape index (κ2) is 24.2. The highest BCUT2D eigenvalue weighted by Gasteiger charge is 2.40. The number of benzene rings is 2. The maximum atomic E-state index is 16.9. The molecule has 4 aromatic heterocycles. The average Bonchev–Trinajstić information content (AvgIpc) is 4.20. The molecule has 0 bridgehead atoms. The molecule has 0 aliphatic carbocycles. The lowest BCUT2D eigenvalue weighted by Crippen LogP contribution is -2.51. The van der Waals surface area contributed by atoms with Crippen LogP contribution in [0.15, 0.2) is 60.9 Å². The first-order chi connectivity index (χ1) is 33.6. The first kappa shape index (κ1) is 59.1. The van der Waals surface area contributed by atoms with Gasteiger partial charge in [-0.25, -0.2) is 23.9 Å². The third-order valence-corrected chi connectivity index (χ3v) is 14.5. The van der Waals surface area contributed by atoms with Gasteiger partial charge >= 0.3 is 12.2 Å². The summed E-state index contributed by atoms with van der Waals surface area (Å²) in [6.45, 7) is 8.46. The Balaban J connectivity index is 0.00000253. The molecular weight excluding hydrogens is 1050 g/mol. The Morgan fingerprint density at radius 1 is 0.757 bits per heavy atom. The minimum Gasteiger partial charge on any atom is -0.464 e. The number of amides is 5. The summed E-state index contributed by atoms with van der Waals surface area (Å²) in [5.74, 6) is -0.0202. The first-order valence-electron chi connectivity index (χ1n) is 23.4. The second-order valence-corrected chi connectivity index (χ2v) is 20.0. The molecule has 3 aliphatic rings. The van der Waals surface area contributed by atoms with Crippen molar-refractivity contribution in [3.8, 4) is 39.5 Å². The lowest BCUT2D eigenvalue weighted by Gasteiger charge is -2.30. The summed E-state index contributed by atoms with van der Waals surface area (Å²) in [6.07, 6.45) is 4.09. The van der Waals surface area contributed by atoms with Gasteiger partial charge in [0, 0.05) is 43.7 Å². The molecule has 6 aromatic rings. The van der Waals surface area contributed by atoms with E-state index in [1.165, 1.54) is 36.5 Å². The molecule has 1 unspecified atom stereocenters. The highest BCUT2D eigenvalue weighted by atomic mass is 32.1. The summed E-state index contributed by atoms with van der Waals surface area (Å²) in [6, 6.07) is 12.4. The molecule has 9 rings (SSSR count). The minimum absolute atomic E-state index is 0. The molecule has 4 N–H and O–H groups in total. The number of methoxy groups -OCH3 is 2. The summed E-state index contributed by atoms with van der Waals surface area (Å²) in [5.41, 5.74) is 4.16. The van der Waals surface area contributed by atoms with E-state index < -0.39 is 42.4 Å². The van der Waals surface area contributed by atoms with E-state index in [4.69, 9.17) is 19.2 Å². The zero-order chi connectivity index (χ0) is 49.7. The SMILES string of the molecule is COC(=O)N[C@H](C(=O)N1CCC[C@H]1c1ncc(-c2cc(F)c3c(c2)OC(c2ccc(C(=O)N(C)C)s2)n2c-3cc3cc(-c4cnc([C@@H]5CCCN5C(=O)[C@@H](NC(=O)OC)C(C)C)[nH]4)ccc32)[nH]1)C(C)C.S.S.S.S. The van der Waals surface area contributed by atoms with E-state index in [2.05, 4.69) is 25.6 Å². The van der Waals surface area contributed by atoms with Crippen molar-refractivity contribution in [1.29, 1.82) is 0 Å². The molecule has 24 heteroatoms. The van der Waals surface area contributed by atoms with Crippen LogP contribution < -0.4 is 15.4 Å². The van der Waals surface area contributed by atoms with Crippen LogP contribution in [0.3, 0.4) is 0 Å². The van der Waals surface area contributed by atoms with Gasteiger partial charge in [0.2, 0.25) is 18.0 Å². The normalized spacial score (nSPS) is 17.4. The number of fused-ring (bicyclic) bond motifs is 5. The number of nitrogens with zero attached hydrogens (tertiary/aromatic N) is 6. The molecule has 7 heterocycles. The summed E-state index contributed by atoms with van der Waals surface area (Å²) in [7, 11) is 5.92. The number of aromatic amines is 2. The summed E-state index contributed by atoms with van der Waals surface area (Å²) in [4.78, 5) is 87.5. The topological polar surface area (TPSA) is 209 Å². The fourth-order valence-corrected chi connectivity index (χ4v) is 10.8. The number of H-pyrrole nitrogens is 2. The Labute approximate surface area is 460 Å². The van der Waals surface area contributed by atoms with Crippen LogP contribution in [0.5, 0.6) is 5.75 Å². The highest BCUT2D eigenvalue weighted by Crippen LogP contribution is 2.48. The molecule has 3 aliphatic heterocycles. The number of hydrogen-bond donors (Lipinski definition) is 4. The number of likely N-dealkylation sites (tertiary alicyclic amines) is 2. The predicted octanol–water partition coefficient (Wildman–Crippen LogP) is 8.47. The molecule has 0 saturated carbocycles. The molecule has 2 fully saturated rings. The van der Waals surface area contributed by atoms with Crippen molar-refractivity contribution in [1.82, 2.24) is 49.8 Å². The molecule has 2 saturated heterocycles. The van der Waals surface area contributed by atoms with Gasteiger partial charge in [-0.2, -0.15) is 54.0 Å². The van der Waals surface area contributed by atoms with Crippen LogP contribution in [0.4, 0.5) is 14.0 Å². The number of thiophene rings is 1. The molecule has 5 amide bonds. The average molecular weight is 1110 g/mol. The maximum Gasteiger partial charge on any atom is 0.407 e. The van der Waals surface area contributed by atoms with Crippen molar-refractivity contribution in [2.75, 3.05) is 41.4 Å². The molecule has 5 atom stereocenters. The Morgan fingerprint density at radius 3 is 1.81 bits per heavy atom. The quantitative estimate of drug-likeness (QED) is 0.0919. The van der Waals surface area contributed by atoms with Gasteiger partial charge in [-0.15, -0.1) is 11.3 Å². The fourth-order valence-electron chi connectivity index (χ4n) is 9.80. The number of imidazole rings is 2. The van der Waals surface area contributed by atoms with E-state index >= 15 is 4.39 Å². The third-order valence-electron chi connectivity index (χ3n) is 13.4. The van der Waals surface area contributed by atoms with E-state index in [1.807, 2.05) is 62.6 Å². The van der Waals surface area contributed by atoms with E-state index in [9.17, 15) is 24.0 Å². The molecule has 2 aromatic carbocycles. The number of carbonyl (C=O) groups is 5. The number of alkyl carbamates (subject to hydrolysis) is 2. The van der Waals surface area contributed by atoms with Gasteiger partial charge in [-0.3, -0.25) is 19.0 Å². The Hall–Kier alpha value is -5.82. The molecule has 400 valence electrons. The number of rotatable bonds is 12. The first-order valence-corrected chi connectivity index (χ1v) is 24.3. The van der Waals surface area contributed by atoms with Crippen LogP contribution in [0.25, 0.3) is 44.7 Å². The third kappa shape index (κ3) is 11.2. The van der Waals surface area contributed by atoms with E-state index in [0.29, 0.717) is 65.2 Å². The number of nitrogens with one attached hydrogen (secondary N) is 4. The number of carbonyl (C=O) groups excluding carboxylic acids is 5. The standard InChI is InChI=1S/C50H57FN10O8S.4H2S/c1-25(2)41(56-49(65)67-7)46(63)59-17-9-11-34(59)43-52-23-31(54-43)27-13-14-33-29(19-27)21-36-40-30(51)20-28(22-37(40)69-48(61(33)36)39-16-15-38(70-39)45(62)58(5)6)32-24-53-44(55-32)35-12-10-18-60(35)47(64)42(26(3)4)57-50(66)68-8;;;;/h13-16,19-26,34-35,41-42,48H,9-12,17-18H2,1-8H3,(H,52,54)(H,53,55)(H,56,65)(H,57,66);4*1H2/t34-,35-,41-,42-,48?;;;;/m0..../s1. The molecule has 18 nitrogen and oxygen atoms in total. The fraction of sp³-hybridized carbons (Fsp3) is 0.420. The Bertz CT molecular complexity index is 3010. The van der Waals surface area contributed by atoms with Crippen LogP contribution in [0.2, 0.25) is 0 Å². The molecular formula is C50H65FN10O8S5. The highest BCUT2D eigenvalue weighted by molar-refractivity contribution is 7.59. The summed E-state index contributed by atoms with van der Waals surface area (Å²) < 4.78 is 35.3. The second-order valence-electron chi connectivity index (χ2n) is 18.8. The van der Waals surface area contributed by atoms with Gasteiger partial charge < -0.3 is 49.5 Å². The molecule has 0 radical (unpaired) electrons. The van der Waals surface area contributed by atoms with Crippen LogP contribution >= 0.6 is 65.3 Å². The monoisotopic (exact) mass is 1110 g/mol. The Kier molecular flexibility index (Phi) is 19.3. The number of hydrogen-bond acceptors (Lipinski definition) is 11. The van der Waals surface area contributed by atoms with Gasteiger partial charge in [0.05, 0.1) is 76.6 Å². The molecule has 74 heavy (non-hydrogen) atoms. The molecule has 0 spiro atoms. The van der Waals surface area contributed by atoms with Crippen molar-refractivity contribution in [3.05, 3.63) is 88.1 Å². The van der Waals surface area contributed by atoms with E-state index in [-0.39, 0.29) is 95.1 Å². The lowest BCUT2D eigenvalue weighted by atomic mass is 10.0. The largest absolute Gasteiger partial charge is 0.464 e. The predicted molar refractivity (Wildman–Crippen MR) is 301 cm³/mol. The van der Waals surface area contributed by atoms with Gasteiger partial charge in [-0.1, -0.05) is 33.8 Å². The zero-order valence-electron chi connectivity index (χ0n) is 42.3. The summed E-state index contributed by atoms with van der Waals surface area (Å²) in [5, 5.41) is 6.17. The van der Waals surface area contributed by atoms with Gasteiger partial charge in [0.1, 0.15) is 35.3 Å². The number of ether oxygens (including phenoxy) is 3. The van der Waals surface area contributed by atoms with Gasteiger partial charge in [0.15, 0.2) is 0 Å². The zero-order valence-corrected chi connectivity index (χ0v) is 47.1.